The standard InChI is InChI=1S/C17H31NO2/c1-5-6-7-8-9-10-17(4)12-15(19)18-16(20)14(17)11-13(2)3/h13-14H,5-12H2,1-4H3,(H,18,19,20). The van der Waals surface area contributed by atoms with Crippen LogP contribution in [0.5, 0.6) is 0 Å². The zero-order chi connectivity index (χ0) is 15.2. The van der Waals surface area contributed by atoms with Crippen LogP contribution in [-0.2, 0) is 9.59 Å². The Hall–Kier alpha value is -0.860. The van der Waals surface area contributed by atoms with Gasteiger partial charge in [-0.1, -0.05) is 59.8 Å². The highest BCUT2D eigenvalue weighted by Crippen LogP contribution is 2.42. The number of amides is 2. The number of hydrogen-bond donors (Lipinski definition) is 1. The Balaban J connectivity index is 2.62. The molecule has 1 aliphatic heterocycles. The molecule has 1 aliphatic rings. The molecule has 1 heterocycles. The summed E-state index contributed by atoms with van der Waals surface area (Å²) in [5, 5.41) is 2.52. The Kier molecular flexibility index (Phi) is 6.70. The van der Waals surface area contributed by atoms with E-state index in [2.05, 4.69) is 33.0 Å². The molecule has 3 heteroatoms. The van der Waals surface area contributed by atoms with E-state index in [0.29, 0.717) is 12.3 Å². The molecule has 116 valence electrons. The zero-order valence-corrected chi connectivity index (χ0v) is 13.6. The first-order chi connectivity index (χ1) is 9.39. The van der Waals surface area contributed by atoms with Crippen LogP contribution in [0, 0.1) is 17.3 Å². The molecule has 20 heavy (non-hydrogen) atoms. The van der Waals surface area contributed by atoms with Gasteiger partial charge in [-0.3, -0.25) is 14.9 Å². The SMILES string of the molecule is CCCCCCCC1(C)CC(=O)NC(=O)C1CC(C)C. The van der Waals surface area contributed by atoms with Crippen LogP contribution in [0.4, 0.5) is 0 Å². The lowest BCUT2D eigenvalue weighted by molar-refractivity contribution is -0.144. The Morgan fingerprint density at radius 1 is 1.20 bits per heavy atom. The van der Waals surface area contributed by atoms with Crippen molar-refractivity contribution >= 4 is 11.8 Å². The normalized spacial score (nSPS) is 26.9. The van der Waals surface area contributed by atoms with Crippen molar-refractivity contribution in [3.63, 3.8) is 0 Å². The van der Waals surface area contributed by atoms with Crippen molar-refractivity contribution in [3.8, 4) is 0 Å². The highest BCUT2D eigenvalue weighted by Gasteiger charge is 2.44. The maximum Gasteiger partial charge on any atom is 0.230 e. The van der Waals surface area contributed by atoms with Crippen LogP contribution in [-0.4, -0.2) is 11.8 Å². The second kappa shape index (κ2) is 7.80. The van der Waals surface area contributed by atoms with Crippen molar-refractivity contribution in [2.75, 3.05) is 0 Å². The molecule has 2 amide bonds. The molecule has 2 unspecified atom stereocenters. The van der Waals surface area contributed by atoms with Gasteiger partial charge < -0.3 is 0 Å². The topological polar surface area (TPSA) is 46.2 Å². The number of piperidine rings is 1. The van der Waals surface area contributed by atoms with Gasteiger partial charge in [0, 0.05) is 12.3 Å². The van der Waals surface area contributed by atoms with E-state index in [1.165, 1.54) is 25.7 Å². The van der Waals surface area contributed by atoms with E-state index in [1.807, 2.05) is 0 Å². The number of nitrogens with one attached hydrogen (secondary N) is 1. The molecular formula is C17H31NO2. The molecule has 1 fully saturated rings. The molecular weight excluding hydrogens is 250 g/mol. The van der Waals surface area contributed by atoms with E-state index < -0.39 is 0 Å². The third-order valence-corrected chi connectivity index (χ3v) is 4.54. The van der Waals surface area contributed by atoms with Gasteiger partial charge in [-0.05, 0) is 24.2 Å². The van der Waals surface area contributed by atoms with E-state index >= 15 is 0 Å². The average Bonchev–Trinajstić information content (AvgIpc) is 2.33. The van der Waals surface area contributed by atoms with Crippen LogP contribution in [0.15, 0.2) is 0 Å². The van der Waals surface area contributed by atoms with Crippen LogP contribution < -0.4 is 5.32 Å². The van der Waals surface area contributed by atoms with Crippen molar-refractivity contribution < 1.29 is 9.59 Å². The Morgan fingerprint density at radius 3 is 2.45 bits per heavy atom. The van der Waals surface area contributed by atoms with Gasteiger partial charge in [0.05, 0.1) is 0 Å². The average molecular weight is 281 g/mol. The van der Waals surface area contributed by atoms with E-state index in [1.54, 1.807) is 0 Å². The number of hydrogen-bond acceptors (Lipinski definition) is 2. The molecule has 0 aliphatic carbocycles. The van der Waals surface area contributed by atoms with Crippen molar-refractivity contribution in [2.45, 2.75) is 79.1 Å². The van der Waals surface area contributed by atoms with Gasteiger partial charge in [-0.15, -0.1) is 0 Å². The van der Waals surface area contributed by atoms with E-state index in [0.717, 1.165) is 19.3 Å². The van der Waals surface area contributed by atoms with Gasteiger partial charge in [0.2, 0.25) is 11.8 Å². The summed E-state index contributed by atoms with van der Waals surface area (Å²) in [7, 11) is 0. The van der Waals surface area contributed by atoms with Gasteiger partial charge >= 0.3 is 0 Å². The van der Waals surface area contributed by atoms with Crippen molar-refractivity contribution in [3.05, 3.63) is 0 Å². The summed E-state index contributed by atoms with van der Waals surface area (Å²) in [6.07, 6.45) is 8.52. The molecule has 0 aromatic carbocycles. The number of carbonyl (C=O) groups is 2. The first-order valence-electron chi connectivity index (χ1n) is 8.22. The minimum Gasteiger partial charge on any atom is -0.296 e. The fourth-order valence-corrected chi connectivity index (χ4v) is 3.33. The molecule has 0 aromatic heterocycles. The predicted octanol–water partition coefficient (Wildman–Crippen LogP) is 4.06. The van der Waals surface area contributed by atoms with E-state index in [-0.39, 0.29) is 23.1 Å². The van der Waals surface area contributed by atoms with Crippen LogP contribution in [0.2, 0.25) is 0 Å². The van der Waals surface area contributed by atoms with Gasteiger partial charge in [-0.2, -0.15) is 0 Å². The minimum atomic E-state index is -0.143. The Morgan fingerprint density at radius 2 is 1.85 bits per heavy atom. The summed E-state index contributed by atoms with van der Waals surface area (Å²) in [4.78, 5) is 23.9. The molecule has 0 bridgehead atoms. The van der Waals surface area contributed by atoms with Crippen LogP contribution in [0.1, 0.15) is 79.1 Å². The fraction of sp³-hybridized carbons (Fsp3) is 0.882. The van der Waals surface area contributed by atoms with Crippen LogP contribution in [0.25, 0.3) is 0 Å². The molecule has 3 nitrogen and oxygen atoms in total. The van der Waals surface area contributed by atoms with E-state index in [9.17, 15) is 9.59 Å². The number of rotatable bonds is 8. The highest BCUT2D eigenvalue weighted by atomic mass is 16.2. The number of carbonyl (C=O) groups excluding carboxylic acids is 2. The minimum absolute atomic E-state index is 0.00799. The molecule has 0 spiro atoms. The second-order valence-electron chi connectivity index (χ2n) is 7.09. The molecule has 1 saturated heterocycles. The summed E-state index contributed by atoms with van der Waals surface area (Å²) in [5.41, 5.74) is -0.143. The summed E-state index contributed by atoms with van der Waals surface area (Å²) in [6.45, 7) is 8.64. The number of imide groups is 1. The van der Waals surface area contributed by atoms with Crippen LogP contribution >= 0.6 is 0 Å². The maximum absolute atomic E-state index is 12.2. The van der Waals surface area contributed by atoms with Gasteiger partial charge in [-0.25, -0.2) is 0 Å². The van der Waals surface area contributed by atoms with Gasteiger partial charge in [0.25, 0.3) is 0 Å². The molecule has 1 N–H and O–H groups in total. The fourth-order valence-electron chi connectivity index (χ4n) is 3.33. The van der Waals surface area contributed by atoms with Gasteiger partial charge in [0.1, 0.15) is 0 Å². The molecule has 0 radical (unpaired) electrons. The van der Waals surface area contributed by atoms with Crippen molar-refractivity contribution in [2.24, 2.45) is 17.3 Å². The predicted molar refractivity (Wildman–Crippen MR) is 82.2 cm³/mol. The second-order valence-corrected chi connectivity index (χ2v) is 7.09. The quantitative estimate of drug-likeness (QED) is 0.538. The smallest absolute Gasteiger partial charge is 0.230 e. The lowest BCUT2D eigenvalue weighted by Gasteiger charge is -2.40. The van der Waals surface area contributed by atoms with Crippen molar-refractivity contribution in [1.82, 2.24) is 5.32 Å². The number of unbranched alkanes of at least 4 members (excludes halogenated alkanes) is 4. The maximum atomic E-state index is 12.2. The first-order valence-corrected chi connectivity index (χ1v) is 8.22. The summed E-state index contributed by atoms with van der Waals surface area (Å²) in [6, 6.07) is 0. The Labute approximate surface area is 123 Å². The lowest BCUT2D eigenvalue weighted by Crippen LogP contribution is -2.51. The molecule has 1 rings (SSSR count). The summed E-state index contributed by atoms with van der Waals surface area (Å²) < 4.78 is 0. The largest absolute Gasteiger partial charge is 0.296 e. The van der Waals surface area contributed by atoms with Crippen LogP contribution in [0.3, 0.4) is 0 Å². The van der Waals surface area contributed by atoms with E-state index in [4.69, 9.17) is 0 Å². The first kappa shape index (κ1) is 17.2. The lowest BCUT2D eigenvalue weighted by atomic mass is 9.66. The van der Waals surface area contributed by atoms with Crippen molar-refractivity contribution in [1.29, 1.82) is 0 Å². The highest BCUT2D eigenvalue weighted by molar-refractivity contribution is 5.99. The molecule has 0 aromatic rings. The molecule has 0 saturated carbocycles. The van der Waals surface area contributed by atoms with Gasteiger partial charge in [0.15, 0.2) is 0 Å². The summed E-state index contributed by atoms with van der Waals surface area (Å²) >= 11 is 0. The monoisotopic (exact) mass is 281 g/mol. The molecule has 2 atom stereocenters. The zero-order valence-electron chi connectivity index (χ0n) is 13.6. The summed E-state index contributed by atoms with van der Waals surface area (Å²) in [5.74, 6) is 0.335. The Bertz CT molecular complexity index is 338. The third kappa shape index (κ3) is 4.92. The third-order valence-electron chi connectivity index (χ3n) is 4.54.